The molecule has 0 rings (SSSR count). The van der Waals surface area contributed by atoms with E-state index in [-0.39, 0.29) is 19.0 Å². The second-order valence-corrected chi connectivity index (χ2v) is 2.02. The van der Waals surface area contributed by atoms with Gasteiger partial charge in [0, 0.05) is 0 Å². The van der Waals surface area contributed by atoms with Crippen LogP contribution in [0.15, 0.2) is 0 Å². The number of ketones is 1. The first kappa shape index (κ1) is 9.55. The van der Waals surface area contributed by atoms with Crippen LogP contribution in [0.3, 0.4) is 0 Å². The monoisotopic (exact) mass is 147 g/mol. The molecule has 10 heavy (non-hydrogen) atoms. The van der Waals surface area contributed by atoms with Crippen molar-refractivity contribution in [1.29, 1.82) is 0 Å². The summed E-state index contributed by atoms with van der Waals surface area (Å²) >= 11 is 0. The predicted molar refractivity (Wildman–Crippen MR) is 36.6 cm³/mol. The van der Waals surface area contributed by atoms with Crippen molar-refractivity contribution in [3.63, 3.8) is 0 Å². The summed E-state index contributed by atoms with van der Waals surface area (Å²) in [6, 6.07) is 0. The van der Waals surface area contributed by atoms with Crippen LogP contribution in [0.2, 0.25) is 0 Å². The summed E-state index contributed by atoms with van der Waals surface area (Å²) in [4.78, 5) is 10.3. The summed E-state index contributed by atoms with van der Waals surface area (Å²) in [6.07, 6.45) is -0.681. The highest BCUT2D eigenvalue weighted by molar-refractivity contribution is 5.76. The molecule has 0 fully saturated rings. The van der Waals surface area contributed by atoms with E-state index in [0.29, 0.717) is 0 Å². The van der Waals surface area contributed by atoms with Gasteiger partial charge in [-0.15, -0.1) is 0 Å². The first-order chi connectivity index (χ1) is 4.66. The molecule has 0 aromatic carbocycles. The van der Waals surface area contributed by atoms with Crippen LogP contribution in [0.5, 0.6) is 0 Å². The Hall–Kier alpha value is -0.450. The van der Waals surface area contributed by atoms with Gasteiger partial charge >= 0.3 is 0 Å². The van der Waals surface area contributed by atoms with Crippen molar-refractivity contribution >= 4 is 5.78 Å². The molecule has 0 aromatic heterocycles. The average molecular weight is 147 g/mol. The third-order valence-corrected chi connectivity index (χ3v) is 0.914. The van der Waals surface area contributed by atoms with Crippen LogP contribution in [-0.2, 0) is 9.53 Å². The molecule has 1 unspecified atom stereocenters. The molecule has 4 nitrogen and oxygen atoms in total. The zero-order valence-corrected chi connectivity index (χ0v) is 6.26. The van der Waals surface area contributed by atoms with Crippen LogP contribution in [0.25, 0.3) is 0 Å². The zero-order valence-electron chi connectivity index (χ0n) is 6.26. The van der Waals surface area contributed by atoms with Crippen LogP contribution in [0.4, 0.5) is 0 Å². The molecular formula is C6H13NO3. The molecular weight excluding hydrogens is 134 g/mol. The van der Waals surface area contributed by atoms with Gasteiger partial charge in [0.05, 0.1) is 6.61 Å². The molecule has 60 valence electrons. The molecule has 0 aliphatic heterocycles. The number of rotatable bonds is 5. The number of ether oxygens (including phenoxy) is 1. The van der Waals surface area contributed by atoms with Crippen LogP contribution >= 0.6 is 0 Å². The van der Waals surface area contributed by atoms with Crippen molar-refractivity contribution in [3.8, 4) is 0 Å². The molecule has 0 saturated carbocycles. The molecule has 0 amide bonds. The Labute approximate surface area is 60.2 Å². The smallest absolute Gasteiger partial charge is 0.155 e. The normalized spacial score (nSPS) is 13.1. The number of aliphatic hydroxyl groups is 1. The molecule has 0 bridgehead atoms. The van der Waals surface area contributed by atoms with E-state index in [1.165, 1.54) is 6.92 Å². The highest BCUT2D eigenvalue weighted by Crippen LogP contribution is 1.79. The molecule has 1 atom stereocenters. The van der Waals surface area contributed by atoms with Gasteiger partial charge in [-0.1, -0.05) is 0 Å². The molecule has 0 aliphatic carbocycles. The van der Waals surface area contributed by atoms with Crippen molar-refractivity contribution in [3.05, 3.63) is 0 Å². The van der Waals surface area contributed by atoms with Gasteiger partial charge in [0.2, 0.25) is 0 Å². The first-order valence-corrected chi connectivity index (χ1v) is 3.09. The molecule has 0 heterocycles. The van der Waals surface area contributed by atoms with Gasteiger partial charge in [-0.3, -0.25) is 10.1 Å². The molecule has 0 saturated heterocycles. The van der Waals surface area contributed by atoms with E-state index in [1.54, 1.807) is 7.05 Å². The van der Waals surface area contributed by atoms with E-state index in [2.05, 4.69) is 5.32 Å². The Morgan fingerprint density at radius 3 is 2.80 bits per heavy atom. The number of carbonyl (C=O) groups excluding carboxylic acids is 1. The Morgan fingerprint density at radius 1 is 1.80 bits per heavy atom. The Morgan fingerprint density at radius 2 is 2.40 bits per heavy atom. The van der Waals surface area contributed by atoms with Crippen molar-refractivity contribution in [2.24, 2.45) is 0 Å². The average Bonchev–Trinajstić information content (AvgIpc) is 1.87. The number of hydrogen-bond donors (Lipinski definition) is 2. The Kier molecular flexibility index (Phi) is 5.10. The zero-order chi connectivity index (χ0) is 7.98. The van der Waals surface area contributed by atoms with Crippen LogP contribution < -0.4 is 5.32 Å². The van der Waals surface area contributed by atoms with Gasteiger partial charge in [0.15, 0.2) is 5.78 Å². The number of likely N-dealkylation sites (N-methyl/N-ethyl adjacent to an activating group) is 1. The van der Waals surface area contributed by atoms with Gasteiger partial charge in [0.1, 0.15) is 12.8 Å². The lowest BCUT2D eigenvalue weighted by atomic mass is 10.5. The fourth-order valence-electron chi connectivity index (χ4n) is 0.398. The van der Waals surface area contributed by atoms with E-state index in [9.17, 15) is 4.79 Å². The van der Waals surface area contributed by atoms with E-state index in [1.807, 2.05) is 0 Å². The number of aliphatic hydroxyl groups excluding tert-OH is 1. The number of carbonyl (C=O) groups is 1. The Bertz CT molecular complexity index is 105. The van der Waals surface area contributed by atoms with Crippen LogP contribution in [0.1, 0.15) is 6.92 Å². The minimum Gasteiger partial charge on any atom is -0.376 e. The van der Waals surface area contributed by atoms with E-state index < -0.39 is 6.23 Å². The lowest BCUT2D eigenvalue weighted by Crippen LogP contribution is -2.30. The summed E-state index contributed by atoms with van der Waals surface area (Å²) < 4.78 is 4.79. The summed E-state index contributed by atoms with van der Waals surface area (Å²) in [7, 11) is 1.61. The summed E-state index contributed by atoms with van der Waals surface area (Å²) in [5.41, 5.74) is 0. The van der Waals surface area contributed by atoms with Gasteiger partial charge < -0.3 is 9.84 Å². The SMILES string of the molecule is CNC(O)COCC(C)=O. The maximum Gasteiger partial charge on any atom is 0.155 e. The molecule has 0 radical (unpaired) electrons. The second-order valence-electron chi connectivity index (χ2n) is 2.02. The van der Waals surface area contributed by atoms with Crippen molar-refractivity contribution < 1.29 is 14.6 Å². The fourth-order valence-corrected chi connectivity index (χ4v) is 0.398. The summed E-state index contributed by atoms with van der Waals surface area (Å²) in [5.74, 6) is -0.0386. The minimum atomic E-state index is -0.681. The van der Waals surface area contributed by atoms with Crippen molar-refractivity contribution in [2.45, 2.75) is 13.2 Å². The predicted octanol–water partition coefficient (Wildman–Crippen LogP) is -0.870. The minimum absolute atomic E-state index is 0.0386. The number of hydrogen-bond acceptors (Lipinski definition) is 4. The van der Waals surface area contributed by atoms with E-state index >= 15 is 0 Å². The maximum atomic E-state index is 10.3. The summed E-state index contributed by atoms with van der Waals surface area (Å²) in [6.45, 7) is 1.65. The second kappa shape index (κ2) is 5.34. The molecule has 0 aromatic rings. The van der Waals surface area contributed by atoms with Crippen LogP contribution in [-0.4, -0.2) is 37.4 Å². The maximum absolute atomic E-state index is 10.3. The van der Waals surface area contributed by atoms with Gasteiger partial charge in [-0.2, -0.15) is 0 Å². The molecule has 4 heteroatoms. The molecule has 0 spiro atoms. The van der Waals surface area contributed by atoms with Gasteiger partial charge in [-0.25, -0.2) is 0 Å². The lowest BCUT2D eigenvalue weighted by Gasteiger charge is -2.07. The van der Waals surface area contributed by atoms with Crippen molar-refractivity contribution in [1.82, 2.24) is 5.32 Å². The number of Topliss-reactive ketones (excluding diaryl/α,β-unsaturated/α-hetero) is 1. The molecule has 2 N–H and O–H groups in total. The fraction of sp³-hybridized carbons (Fsp3) is 0.833. The third-order valence-electron chi connectivity index (χ3n) is 0.914. The summed E-state index contributed by atoms with van der Waals surface area (Å²) in [5, 5.41) is 11.4. The van der Waals surface area contributed by atoms with Gasteiger partial charge in [-0.05, 0) is 14.0 Å². The first-order valence-electron chi connectivity index (χ1n) is 3.09. The standard InChI is InChI=1S/C6H13NO3/c1-5(8)3-10-4-6(9)7-2/h6-7,9H,3-4H2,1-2H3. The van der Waals surface area contributed by atoms with E-state index in [0.717, 1.165) is 0 Å². The highest BCUT2D eigenvalue weighted by atomic mass is 16.5. The quantitative estimate of drug-likeness (QED) is 0.496. The van der Waals surface area contributed by atoms with Gasteiger partial charge in [0.25, 0.3) is 0 Å². The van der Waals surface area contributed by atoms with Crippen molar-refractivity contribution in [2.75, 3.05) is 20.3 Å². The van der Waals surface area contributed by atoms with E-state index in [4.69, 9.17) is 9.84 Å². The number of nitrogens with one attached hydrogen (secondary N) is 1. The Balaban J connectivity index is 3.11. The third kappa shape index (κ3) is 5.68. The highest BCUT2D eigenvalue weighted by Gasteiger charge is 1.99. The van der Waals surface area contributed by atoms with Crippen LogP contribution in [0, 0.1) is 0 Å². The topological polar surface area (TPSA) is 58.6 Å². The largest absolute Gasteiger partial charge is 0.376 e. The molecule has 0 aliphatic rings. The lowest BCUT2D eigenvalue weighted by molar-refractivity contribution is -0.122.